The molecule has 1 N–H and O–H groups in total. The van der Waals surface area contributed by atoms with Crippen LogP contribution in [0.1, 0.15) is 49.4 Å². The Labute approximate surface area is 119 Å². The maximum atomic E-state index is 12.5. The molecule has 3 heteroatoms. The van der Waals surface area contributed by atoms with Gasteiger partial charge in [0.15, 0.2) is 5.78 Å². The molecule has 1 saturated carbocycles. The van der Waals surface area contributed by atoms with Crippen LogP contribution in [0.5, 0.6) is 5.75 Å². The fourth-order valence-corrected chi connectivity index (χ4v) is 2.77. The first-order chi connectivity index (χ1) is 9.79. The Balaban J connectivity index is 1.91. The number of aromatic amines is 1. The fourth-order valence-electron chi connectivity index (χ4n) is 2.77. The predicted molar refractivity (Wildman–Crippen MR) is 80.4 cm³/mol. The molecule has 0 spiro atoms. The number of carbonyl (C=O) groups is 1. The number of ether oxygens (including phenoxy) is 1. The lowest BCUT2D eigenvalue weighted by atomic mass is 9.81. The van der Waals surface area contributed by atoms with Crippen molar-refractivity contribution in [2.24, 2.45) is 5.92 Å². The third-order valence-corrected chi connectivity index (χ3v) is 4.13. The summed E-state index contributed by atoms with van der Waals surface area (Å²) >= 11 is 0. The Kier molecular flexibility index (Phi) is 3.77. The summed E-state index contributed by atoms with van der Waals surface area (Å²) in [4.78, 5) is 15.7. The zero-order chi connectivity index (χ0) is 13.9. The number of nitrogens with one attached hydrogen (secondary N) is 1. The number of carbonyl (C=O) groups excluding carboxylic acids is 1. The third-order valence-electron chi connectivity index (χ3n) is 4.13. The third kappa shape index (κ3) is 2.45. The highest BCUT2D eigenvalue weighted by Gasteiger charge is 2.23. The molecule has 1 aliphatic rings. The zero-order valence-electron chi connectivity index (χ0n) is 11.9. The largest absolute Gasteiger partial charge is 0.493 e. The second-order valence-corrected chi connectivity index (χ2v) is 5.65. The van der Waals surface area contributed by atoms with Crippen molar-refractivity contribution in [1.82, 2.24) is 4.98 Å². The number of aromatic nitrogens is 1. The molecule has 0 amide bonds. The van der Waals surface area contributed by atoms with E-state index in [-0.39, 0.29) is 5.78 Å². The van der Waals surface area contributed by atoms with E-state index in [0.717, 1.165) is 28.6 Å². The van der Waals surface area contributed by atoms with E-state index < -0.39 is 0 Å². The van der Waals surface area contributed by atoms with E-state index in [4.69, 9.17) is 4.74 Å². The predicted octanol–water partition coefficient (Wildman–Crippen LogP) is 4.33. The quantitative estimate of drug-likeness (QED) is 0.794. The molecule has 0 radical (unpaired) electrons. The maximum Gasteiger partial charge on any atom is 0.165 e. The molecule has 0 bridgehead atoms. The molecule has 1 fully saturated rings. The summed E-state index contributed by atoms with van der Waals surface area (Å²) < 4.78 is 5.79. The van der Waals surface area contributed by atoms with E-state index in [1.807, 2.05) is 24.4 Å². The molecule has 3 rings (SSSR count). The minimum atomic E-state index is 0.244. The molecule has 3 nitrogen and oxygen atoms in total. The lowest BCUT2D eigenvalue weighted by Gasteiger charge is -2.24. The summed E-state index contributed by atoms with van der Waals surface area (Å²) in [5, 5.41) is 0.949. The fraction of sp³-hybridized carbons (Fsp3) is 0.471. The number of fused-ring (bicyclic) bond motifs is 1. The molecular formula is C17H21NO2. The summed E-state index contributed by atoms with van der Waals surface area (Å²) in [6.45, 7) is 2.76. The van der Waals surface area contributed by atoms with Gasteiger partial charge in [0, 0.05) is 23.7 Å². The van der Waals surface area contributed by atoms with E-state index in [0.29, 0.717) is 18.9 Å². The van der Waals surface area contributed by atoms with Gasteiger partial charge in [-0.15, -0.1) is 0 Å². The van der Waals surface area contributed by atoms with Crippen molar-refractivity contribution in [2.45, 2.75) is 39.0 Å². The van der Waals surface area contributed by atoms with Gasteiger partial charge in [-0.1, -0.05) is 32.3 Å². The van der Waals surface area contributed by atoms with Crippen LogP contribution in [0.15, 0.2) is 24.4 Å². The first-order valence-corrected chi connectivity index (χ1v) is 7.55. The van der Waals surface area contributed by atoms with E-state index in [9.17, 15) is 4.79 Å². The SMILES string of the molecule is CCCOc1cccc2[nH]cc(C(=O)CC3CCC3)c12. The van der Waals surface area contributed by atoms with Gasteiger partial charge in [0.2, 0.25) is 0 Å². The normalized spacial score (nSPS) is 15.2. The topological polar surface area (TPSA) is 42.1 Å². The van der Waals surface area contributed by atoms with Gasteiger partial charge in [0.1, 0.15) is 5.75 Å². The molecule has 2 aromatic rings. The van der Waals surface area contributed by atoms with Gasteiger partial charge in [-0.25, -0.2) is 0 Å². The maximum absolute atomic E-state index is 12.5. The van der Waals surface area contributed by atoms with E-state index >= 15 is 0 Å². The minimum absolute atomic E-state index is 0.244. The molecule has 0 saturated heterocycles. The van der Waals surface area contributed by atoms with Crippen LogP contribution in [0.3, 0.4) is 0 Å². The van der Waals surface area contributed by atoms with Crippen LogP contribution in [-0.4, -0.2) is 17.4 Å². The van der Waals surface area contributed by atoms with E-state index in [1.165, 1.54) is 19.3 Å². The van der Waals surface area contributed by atoms with Gasteiger partial charge < -0.3 is 9.72 Å². The second-order valence-electron chi connectivity index (χ2n) is 5.65. The Morgan fingerprint density at radius 2 is 2.25 bits per heavy atom. The van der Waals surface area contributed by atoms with Crippen LogP contribution >= 0.6 is 0 Å². The molecule has 1 aromatic heterocycles. The molecule has 0 aliphatic heterocycles. The summed E-state index contributed by atoms with van der Waals surface area (Å²) in [6.07, 6.45) is 7.16. The van der Waals surface area contributed by atoms with Crippen LogP contribution in [0.25, 0.3) is 10.9 Å². The van der Waals surface area contributed by atoms with Crippen molar-refractivity contribution < 1.29 is 9.53 Å². The summed E-state index contributed by atoms with van der Waals surface area (Å²) in [5.41, 5.74) is 1.77. The summed E-state index contributed by atoms with van der Waals surface area (Å²) in [7, 11) is 0. The number of ketones is 1. The molecule has 1 aromatic carbocycles. The summed E-state index contributed by atoms with van der Waals surface area (Å²) in [5.74, 6) is 1.66. The van der Waals surface area contributed by atoms with Crippen molar-refractivity contribution in [2.75, 3.05) is 6.61 Å². The van der Waals surface area contributed by atoms with Gasteiger partial charge in [0.25, 0.3) is 0 Å². The molecule has 106 valence electrons. The van der Waals surface area contributed by atoms with Crippen LogP contribution in [0, 0.1) is 5.92 Å². The molecular weight excluding hydrogens is 250 g/mol. The number of rotatable bonds is 6. The molecule has 0 unspecified atom stereocenters. The average Bonchev–Trinajstić information content (AvgIpc) is 2.85. The number of H-pyrrole nitrogens is 1. The van der Waals surface area contributed by atoms with Crippen molar-refractivity contribution >= 4 is 16.7 Å². The van der Waals surface area contributed by atoms with Crippen LogP contribution < -0.4 is 4.74 Å². The van der Waals surface area contributed by atoms with Crippen molar-refractivity contribution in [3.8, 4) is 5.75 Å². The molecule has 0 atom stereocenters. The van der Waals surface area contributed by atoms with E-state index in [1.54, 1.807) is 0 Å². The monoisotopic (exact) mass is 271 g/mol. The van der Waals surface area contributed by atoms with Crippen LogP contribution in [-0.2, 0) is 0 Å². The molecule has 1 aliphatic carbocycles. The van der Waals surface area contributed by atoms with Gasteiger partial charge in [-0.2, -0.15) is 0 Å². The number of hydrogen-bond acceptors (Lipinski definition) is 2. The Bertz CT molecular complexity index is 610. The standard InChI is InChI=1S/C17H21NO2/c1-2-9-20-16-8-4-7-14-17(16)13(11-18-14)15(19)10-12-5-3-6-12/h4,7-8,11-12,18H,2-3,5-6,9-10H2,1H3. The lowest BCUT2D eigenvalue weighted by Crippen LogP contribution is -2.15. The Hall–Kier alpha value is -1.77. The van der Waals surface area contributed by atoms with E-state index in [2.05, 4.69) is 11.9 Å². The van der Waals surface area contributed by atoms with Gasteiger partial charge in [0.05, 0.1) is 12.0 Å². The first-order valence-electron chi connectivity index (χ1n) is 7.55. The highest BCUT2D eigenvalue weighted by molar-refractivity contribution is 6.10. The van der Waals surface area contributed by atoms with Crippen LogP contribution in [0.4, 0.5) is 0 Å². The van der Waals surface area contributed by atoms with Gasteiger partial charge in [-0.3, -0.25) is 4.79 Å². The lowest BCUT2D eigenvalue weighted by molar-refractivity contribution is 0.0938. The number of Topliss-reactive ketones (excluding diaryl/α,β-unsaturated/α-hetero) is 1. The average molecular weight is 271 g/mol. The number of hydrogen-bond donors (Lipinski definition) is 1. The zero-order valence-corrected chi connectivity index (χ0v) is 11.9. The van der Waals surface area contributed by atoms with Crippen molar-refractivity contribution in [3.63, 3.8) is 0 Å². The Morgan fingerprint density at radius 1 is 1.40 bits per heavy atom. The Morgan fingerprint density at radius 3 is 2.95 bits per heavy atom. The van der Waals surface area contributed by atoms with Crippen molar-refractivity contribution in [1.29, 1.82) is 0 Å². The highest BCUT2D eigenvalue weighted by atomic mass is 16.5. The number of benzene rings is 1. The highest BCUT2D eigenvalue weighted by Crippen LogP contribution is 2.34. The molecule has 20 heavy (non-hydrogen) atoms. The smallest absolute Gasteiger partial charge is 0.165 e. The van der Waals surface area contributed by atoms with Crippen molar-refractivity contribution in [3.05, 3.63) is 30.0 Å². The second kappa shape index (κ2) is 5.70. The van der Waals surface area contributed by atoms with Gasteiger partial charge in [-0.05, 0) is 24.5 Å². The van der Waals surface area contributed by atoms with Crippen LogP contribution in [0.2, 0.25) is 0 Å². The first kappa shape index (κ1) is 13.2. The molecule has 1 heterocycles. The minimum Gasteiger partial charge on any atom is -0.493 e. The van der Waals surface area contributed by atoms with Gasteiger partial charge >= 0.3 is 0 Å². The summed E-state index contributed by atoms with van der Waals surface area (Å²) in [6, 6.07) is 5.91.